The van der Waals surface area contributed by atoms with Gasteiger partial charge in [0.25, 0.3) is 15.9 Å². The van der Waals surface area contributed by atoms with E-state index < -0.39 is 15.9 Å². The van der Waals surface area contributed by atoms with Crippen LogP contribution in [0.2, 0.25) is 0 Å². The van der Waals surface area contributed by atoms with Gasteiger partial charge in [0.2, 0.25) is 5.91 Å². The van der Waals surface area contributed by atoms with Gasteiger partial charge in [-0.05, 0) is 72.7 Å². The van der Waals surface area contributed by atoms with Crippen LogP contribution in [0.3, 0.4) is 0 Å². The highest BCUT2D eigenvalue weighted by Gasteiger charge is 2.27. The Morgan fingerprint density at radius 3 is 2.40 bits per heavy atom. The summed E-state index contributed by atoms with van der Waals surface area (Å²) in [4.78, 5) is 29.0. The maximum Gasteiger partial charge on any atom is 0.265 e. The van der Waals surface area contributed by atoms with Crippen molar-refractivity contribution in [1.82, 2.24) is 15.0 Å². The first-order valence-corrected chi connectivity index (χ1v) is 16.1. The molecule has 1 heterocycles. The zero-order chi connectivity index (χ0) is 31.3. The van der Waals surface area contributed by atoms with E-state index in [1.807, 2.05) is 32.2 Å². The maximum atomic E-state index is 13.1. The van der Waals surface area contributed by atoms with E-state index in [0.29, 0.717) is 24.3 Å². The molecule has 3 N–H and O–H groups in total. The van der Waals surface area contributed by atoms with Crippen molar-refractivity contribution >= 4 is 32.7 Å². The minimum atomic E-state index is -4.05. The van der Waals surface area contributed by atoms with Crippen LogP contribution in [0.5, 0.6) is 5.75 Å². The number of fused-ring (bicyclic) bond motifs is 1. The van der Waals surface area contributed by atoms with Gasteiger partial charge in [-0.1, -0.05) is 58.0 Å². The lowest BCUT2D eigenvalue weighted by Gasteiger charge is -2.24. The first-order chi connectivity index (χ1) is 20.5. The quantitative estimate of drug-likeness (QED) is 0.181. The third-order valence-electron chi connectivity index (χ3n) is 7.76. The summed E-state index contributed by atoms with van der Waals surface area (Å²) in [5, 5.41) is 4.04. The van der Waals surface area contributed by atoms with Crippen LogP contribution in [0.25, 0.3) is 10.9 Å². The van der Waals surface area contributed by atoms with Crippen LogP contribution in [-0.2, 0) is 21.2 Å². The van der Waals surface area contributed by atoms with Crippen LogP contribution < -0.4 is 14.8 Å². The molecule has 0 radical (unpaired) electrons. The molecule has 0 aliphatic carbocycles. The highest BCUT2D eigenvalue weighted by Crippen LogP contribution is 2.41. The van der Waals surface area contributed by atoms with E-state index in [4.69, 9.17) is 4.74 Å². The number of hydrogen-bond acceptors (Lipinski definition) is 5. The Morgan fingerprint density at radius 2 is 1.72 bits per heavy atom. The van der Waals surface area contributed by atoms with Crippen LogP contribution >= 0.6 is 0 Å². The summed E-state index contributed by atoms with van der Waals surface area (Å²) in [6.45, 7) is 10.6. The summed E-state index contributed by atoms with van der Waals surface area (Å²) < 4.78 is 33.8. The van der Waals surface area contributed by atoms with Crippen molar-refractivity contribution in [1.29, 1.82) is 0 Å². The number of H-pyrrole nitrogens is 1. The van der Waals surface area contributed by atoms with Crippen molar-refractivity contribution in [2.45, 2.75) is 58.3 Å². The first-order valence-electron chi connectivity index (χ1n) is 14.6. The molecule has 4 aromatic rings. The molecule has 2 amide bonds. The highest BCUT2D eigenvalue weighted by atomic mass is 32.2. The van der Waals surface area contributed by atoms with Gasteiger partial charge in [0.1, 0.15) is 5.75 Å². The summed E-state index contributed by atoms with van der Waals surface area (Å²) in [6.07, 6.45) is 3.53. The summed E-state index contributed by atoms with van der Waals surface area (Å²) in [6, 6.07) is 17.8. The van der Waals surface area contributed by atoms with Crippen molar-refractivity contribution in [3.8, 4) is 5.75 Å². The molecule has 0 fully saturated rings. The van der Waals surface area contributed by atoms with Crippen LogP contribution in [0.1, 0.15) is 72.6 Å². The Balaban J connectivity index is 1.65. The molecule has 3 aromatic carbocycles. The lowest BCUT2D eigenvalue weighted by Crippen LogP contribution is -2.31. The molecule has 2 unspecified atom stereocenters. The fourth-order valence-corrected chi connectivity index (χ4v) is 6.75. The van der Waals surface area contributed by atoms with Gasteiger partial charge in [0, 0.05) is 46.6 Å². The third-order valence-corrected chi connectivity index (χ3v) is 9.25. The third kappa shape index (κ3) is 7.10. The molecule has 0 aliphatic rings. The number of hydrogen-bond donors (Lipinski definition) is 3. The number of aryl methyl sites for hydroxylation is 1. The Labute approximate surface area is 254 Å². The zero-order valence-electron chi connectivity index (χ0n) is 25.7. The lowest BCUT2D eigenvalue weighted by molar-refractivity contribution is -0.124. The van der Waals surface area contributed by atoms with Gasteiger partial charge in [-0.25, -0.2) is 13.1 Å². The van der Waals surface area contributed by atoms with E-state index in [0.717, 1.165) is 34.0 Å². The lowest BCUT2D eigenvalue weighted by atomic mass is 9.81. The van der Waals surface area contributed by atoms with E-state index in [2.05, 4.69) is 41.0 Å². The number of aromatic nitrogens is 1. The summed E-state index contributed by atoms with van der Waals surface area (Å²) in [5.74, 6) is -0.264. The summed E-state index contributed by atoms with van der Waals surface area (Å²) in [7, 11) is -2.51. The minimum Gasteiger partial charge on any atom is -0.496 e. The van der Waals surface area contributed by atoms with Crippen LogP contribution in [0.4, 0.5) is 0 Å². The van der Waals surface area contributed by atoms with E-state index in [9.17, 15) is 18.0 Å². The standard InChI is InChI=1S/C34H41N3O5S/c1-7-16-35-33(38)23(5)17-24-12-15-29-27(18-24)28(20-36-29)32(21(2)3)26-14-13-25(19-30(26)42-6)34(39)37-43(40,41)31-11-9-8-10-22(31)4/h8-15,18-21,23,32,36H,7,16-17H2,1-6H3,(H,35,38)(H,37,39). The molecule has 43 heavy (non-hydrogen) atoms. The molecule has 8 nitrogen and oxygen atoms in total. The molecule has 0 aliphatic heterocycles. The number of nitrogens with one attached hydrogen (secondary N) is 3. The number of carbonyl (C=O) groups excluding carboxylic acids is 2. The van der Waals surface area contributed by atoms with Crippen LogP contribution in [0, 0.1) is 18.8 Å². The van der Waals surface area contributed by atoms with Crippen molar-refractivity contribution < 1.29 is 22.7 Å². The highest BCUT2D eigenvalue weighted by molar-refractivity contribution is 7.90. The van der Waals surface area contributed by atoms with Crippen LogP contribution in [-0.4, -0.2) is 38.9 Å². The predicted octanol–water partition coefficient (Wildman–Crippen LogP) is 6.10. The Bertz CT molecular complexity index is 1730. The Kier molecular flexibility index (Phi) is 9.96. The first kappa shape index (κ1) is 31.8. The minimum absolute atomic E-state index is 0.0527. The smallest absolute Gasteiger partial charge is 0.265 e. The van der Waals surface area contributed by atoms with Gasteiger partial charge in [-0.3, -0.25) is 9.59 Å². The number of methoxy groups -OCH3 is 1. The Hall–Kier alpha value is -4.11. The predicted molar refractivity (Wildman–Crippen MR) is 170 cm³/mol. The fourth-order valence-electron chi connectivity index (χ4n) is 5.53. The van der Waals surface area contributed by atoms with E-state index in [1.165, 1.54) is 6.07 Å². The zero-order valence-corrected chi connectivity index (χ0v) is 26.5. The fraction of sp³-hybridized carbons (Fsp3) is 0.353. The molecule has 4 rings (SSSR count). The normalized spacial score (nSPS) is 13.1. The molecule has 0 saturated heterocycles. The van der Waals surface area contributed by atoms with Gasteiger partial charge in [0.15, 0.2) is 0 Å². The largest absolute Gasteiger partial charge is 0.496 e. The van der Waals surface area contributed by atoms with Gasteiger partial charge in [0.05, 0.1) is 12.0 Å². The number of aromatic amines is 1. The van der Waals surface area contributed by atoms with E-state index in [-0.39, 0.29) is 34.1 Å². The average Bonchev–Trinajstić information content (AvgIpc) is 3.38. The van der Waals surface area contributed by atoms with Gasteiger partial charge < -0.3 is 15.0 Å². The molecule has 2 atom stereocenters. The van der Waals surface area contributed by atoms with Crippen molar-refractivity contribution in [3.05, 3.63) is 94.7 Å². The average molecular weight is 604 g/mol. The number of carbonyl (C=O) groups is 2. The molecule has 9 heteroatoms. The van der Waals surface area contributed by atoms with Gasteiger partial charge in [-0.15, -0.1) is 0 Å². The number of amides is 2. The number of benzene rings is 3. The van der Waals surface area contributed by atoms with Crippen molar-refractivity contribution in [2.75, 3.05) is 13.7 Å². The monoisotopic (exact) mass is 603 g/mol. The molecule has 228 valence electrons. The number of ether oxygens (including phenoxy) is 1. The molecule has 1 aromatic heterocycles. The molecule has 0 bridgehead atoms. The second kappa shape index (κ2) is 13.5. The van der Waals surface area contributed by atoms with Crippen LogP contribution in [0.15, 0.2) is 71.8 Å². The SMILES string of the molecule is CCCNC(=O)C(C)Cc1ccc2[nH]cc(C(c3ccc(C(=O)NS(=O)(=O)c4ccccc4C)cc3OC)C(C)C)c2c1. The second-order valence-corrected chi connectivity index (χ2v) is 13.0. The molecular weight excluding hydrogens is 562 g/mol. The van der Waals surface area contributed by atoms with E-state index >= 15 is 0 Å². The van der Waals surface area contributed by atoms with Crippen molar-refractivity contribution in [2.24, 2.45) is 11.8 Å². The topological polar surface area (TPSA) is 117 Å². The molecule has 0 spiro atoms. The summed E-state index contributed by atoms with van der Waals surface area (Å²) in [5.41, 5.74) is 4.75. The van der Waals surface area contributed by atoms with E-state index in [1.54, 1.807) is 44.4 Å². The van der Waals surface area contributed by atoms with Gasteiger partial charge in [-0.2, -0.15) is 0 Å². The van der Waals surface area contributed by atoms with Gasteiger partial charge >= 0.3 is 0 Å². The van der Waals surface area contributed by atoms with Crippen molar-refractivity contribution in [3.63, 3.8) is 0 Å². The summed E-state index contributed by atoms with van der Waals surface area (Å²) >= 11 is 0. The second-order valence-electron chi connectivity index (χ2n) is 11.4. The molecular formula is C34H41N3O5S. The molecule has 0 saturated carbocycles. The Morgan fingerprint density at radius 1 is 0.977 bits per heavy atom. The number of rotatable bonds is 12. The maximum absolute atomic E-state index is 13.1. The number of sulfonamides is 1.